The van der Waals surface area contributed by atoms with Gasteiger partial charge in [0.25, 0.3) is 0 Å². The molecule has 0 aliphatic heterocycles. The van der Waals surface area contributed by atoms with Gasteiger partial charge < -0.3 is 10.6 Å². The number of hydrogen-bond acceptors (Lipinski definition) is 2. The van der Waals surface area contributed by atoms with E-state index in [4.69, 9.17) is 5.41 Å². The van der Waals surface area contributed by atoms with Gasteiger partial charge in [-0.15, -0.1) is 13.2 Å². The predicted molar refractivity (Wildman–Crippen MR) is 117 cm³/mol. The minimum atomic E-state index is -0.291. The van der Waals surface area contributed by atoms with Gasteiger partial charge in [0.15, 0.2) is 5.96 Å². The Labute approximate surface area is 167 Å². The Morgan fingerprint density at radius 1 is 0.667 bits per heavy atom. The van der Waals surface area contributed by atoms with Gasteiger partial charge in [-0.1, -0.05) is 63.5 Å². The van der Waals surface area contributed by atoms with Crippen LogP contribution in [-0.2, 0) is 0 Å². The molecule has 0 saturated heterocycles. The molecule has 0 fully saturated rings. The topological polar surface area (TPSA) is 77.0 Å². The van der Waals surface area contributed by atoms with E-state index in [0.717, 1.165) is 45.1 Å². The smallest absolute Gasteiger partial charge is 0.321 e. The first kappa shape index (κ1) is 25.2. The number of guanidine groups is 1. The molecule has 0 rings (SSSR count). The highest BCUT2D eigenvalue weighted by molar-refractivity contribution is 5.94. The fraction of sp³-hybridized carbons (Fsp3) is 0.727. The highest BCUT2D eigenvalue weighted by Crippen LogP contribution is 2.07. The number of carbonyl (C=O) groups excluding carboxylic acids is 1. The minimum absolute atomic E-state index is 0.0840. The minimum Gasteiger partial charge on any atom is -0.356 e. The molecule has 0 aliphatic rings. The van der Waals surface area contributed by atoms with Crippen LogP contribution >= 0.6 is 0 Å². The Morgan fingerprint density at radius 2 is 1.07 bits per heavy atom. The van der Waals surface area contributed by atoms with Crippen molar-refractivity contribution in [3.63, 3.8) is 0 Å². The Hall–Kier alpha value is -1.78. The lowest BCUT2D eigenvalue weighted by Crippen LogP contribution is -2.45. The van der Waals surface area contributed by atoms with E-state index in [-0.39, 0.29) is 12.0 Å². The number of nitrogens with one attached hydrogen (secondary N) is 4. The van der Waals surface area contributed by atoms with Crippen LogP contribution in [0.3, 0.4) is 0 Å². The zero-order chi connectivity index (χ0) is 20.0. The molecule has 27 heavy (non-hydrogen) atoms. The summed E-state index contributed by atoms with van der Waals surface area (Å²) in [5, 5.41) is 16.0. The van der Waals surface area contributed by atoms with Crippen LogP contribution in [0.4, 0.5) is 4.79 Å². The van der Waals surface area contributed by atoms with Crippen LogP contribution < -0.4 is 16.0 Å². The quantitative estimate of drug-likeness (QED) is 0.108. The van der Waals surface area contributed by atoms with Gasteiger partial charge in [0.2, 0.25) is 0 Å². The molecule has 0 aromatic carbocycles. The zero-order valence-electron chi connectivity index (χ0n) is 17.3. The van der Waals surface area contributed by atoms with E-state index >= 15 is 0 Å². The second-order valence-corrected chi connectivity index (χ2v) is 7.08. The maximum Gasteiger partial charge on any atom is 0.321 e. The SMILES string of the molecule is C=CCCCCCCCCNC(=N)NC(=O)NCCCCCCCCC=C. The van der Waals surface area contributed by atoms with Gasteiger partial charge in [0.1, 0.15) is 0 Å². The van der Waals surface area contributed by atoms with Crippen molar-refractivity contribution in [1.82, 2.24) is 16.0 Å². The molecule has 0 spiro atoms. The van der Waals surface area contributed by atoms with Crippen LogP contribution in [0, 0.1) is 5.41 Å². The molecule has 5 heteroatoms. The highest BCUT2D eigenvalue weighted by Gasteiger charge is 2.02. The molecule has 0 aromatic rings. The van der Waals surface area contributed by atoms with Crippen LogP contribution in [0.15, 0.2) is 25.3 Å². The maximum atomic E-state index is 11.7. The van der Waals surface area contributed by atoms with Gasteiger partial charge in [-0.3, -0.25) is 10.7 Å². The first-order valence-corrected chi connectivity index (χ1v) is 10.8. The van der Waals surface area contributed by atoms with Gasteiger partial charge in [0, 0.05) is 13.1 Å². The van der Waals surface area contributed by atoms with Crippen molar-refractivity contribution < 1.29 is 4.79 Å². The molecule has 0 bridgehead atoms. The lowest BCUT2D eigenvalue weighted by molar-refractivity contribution is 0.244. The lowest BCUT2D eigenvalue weighted by Gasteiger charge is -2.10. The molecule has 4 N–H and O–H groups in total. The predicted octanol–water partition coefficient (Wildman–Crippen LogP) is 5.64. The molecule has 0 radical (unpaired) electrons. The summed E-state index contributed by atoms with van der Waals surface area (Å²) in [5.41, 5.74) is 0. The van der Waals surface area contributed by atoms with Crippen LogP contribution in [0.2, 0.25) is 0 Å². The summed E-state index contributed by atoms with van der Waals surface area (Å²) < 4.78 is 0. The molecule has 0 aromatic heterocycles. The molecule has 0 aliphatic carbocycles. The molecule has 0 atom stereocenters. The van der Waals surface area contributed by atoms with Crippen molar-refractivity contribution in [3.8, 4) is 0 Å². The summed E-state index contributed by atoms with van der Waals surface area (Å²) >= 11 is 0. The number of carbonyl (C=O) groups is 1. The van der Waals surface area contributed by atoms with E-state index in [1.54, 1.807) is 0 Å². The van der Waals surface area contributed by atoms with Gasteiger partial charge >= 0.3 is 6.03 Å². The third-order valence-corrected chi connectivity index (χ3v) is 4.50. The Bertz CT molecular complexity index is 360. The lowest BCUT2D eigenvalue weighted by atomic mass is 10.1. The summed E-state index contributed by atoms with van der Waals surface area (Å²) in [6, 6.07) is -0.291. The van der Waals surface area contributed by atoms with E-state index in [2.05, 4.69) is 29.1 Å². The fourth-order valence-electron chi connectivity index (χ4n) is 2.86. The molecular formula is C22H42N4O. The van der Waals surface area contributed by atoms with Gasteiger partial charge in [-0.05, 0) is 38.5 Å². The van der Waals surface area contributed by atoms with Crippen molar-refractivity contribution >= 4 is 12.0 Å². The van der Waals surface area contributed by atoms with Crippen molar-refractivity contribution in [3.05, 3.63) is 25.3 Å². The Morgan fingerprint density at radius 3 is 1.56 bits per heavy atom. The highest BCUT2D eigenvalue weighted by atomic mass is 16.2. The molecule has 0 heterocycles. The van der Waals surface area contributed by atoms with Crippen LogP contribution in [0.5, 0.6) is 0 Å². The average molecular weight is 379 g/mol. The molecular weight excluding hydrogens is 336 g/mol. The van der Waals surface area contributed by atoms with Crippen molar-refractivity contribution in [2.24, 2.45) is 0 Å². The third kappa shape index (κ3) is 20.4. The summed E-state index contributed by atoms with van der Waals surface area (Å²) in [6.07, 6.45) is 20.5. The number of amides is 2. The molecule has 5 nitrogen and oxygen atoms in total. The van der Waals surface area contributed by atoms with Crippen LogP contribution in [0.25, 0.3) is 0 Å². The number of allylic oxidation sites excluding steroid dienone is 2. The number of urea groups is 1. The summed E-state index contributed by atoms with van der Waals surface area (Å²) in [7, 11) is 0. The van der Waals surface area contributed by atoms with E-state index in [0.29, 0.717) is 6.54 Å². The van der Waals surface area contributed by atoms with E-state index in [1.807, 2.05) is 12.2 Å². The van der Waals surface area contributed by atoms with Gasteiger partial charge in [-0.2, -0.15) is 0 Å². The van der Waals surface area contributed by atoms with E-state index in [1.165, 1.54) is 51.4 Å². The van der Waals surface area contributed by atoms with Gasteiger partial charge in [0.05, 0.1) is 0 Å². The number of hydrogen-bond donors (Lipinski definition) is 4. The summed E-state index contributed by atoms with van der Waals surface area (Å²) in [6.45, 7) is 8.86. The molecule has 2 amide bonds. The van der Waals surface area contributed by atoms with Crippen molar-refractivity contribution in [2.45, 2.75) is 89.9 Å². The fourth-order valence-corrected chi connectivity index (χ4v) is 2.86. The summed E-state index contributed by atoms with van der Waals surface area (Å²) in [4.78, 5) is 11.7. The Kier molecular flexibility index (Phi) is 19.2. The molecule has 156 valence electrons. The van der Waals surface area contributed by atoms with E-state index in [9.17, 15) is 4.79 Å². The standard InChI is InChI=1S/C22H42N4O/c1-3-5-7-9-11-13-15-17-19-24-21(23)26-22(27)25-20-18-16-14-12-10-8-6-4-2/h3-4H,1-2,5-20H2,(H4,23,24,25,26,27). The van der Waals surface area contributed by atoms with Crippen molar-refractivity contribution in [1.29, 1.82) is 5.41 Å². The second kappa shape index (κ2) is 20.5. The zero-order valence-corrected chi connectivity index (χ0v) is 17.3. The monoisotopic (exact) mass is 378 g/mol. The largest absolute Gasteiger partial charge is 0.356 e. The molecule has 0 saturated carbocycles. The van der Waals surface area contributed by atoms with Gasteiger partial charge in [-0.25, -0.2) is 4.79 Å². The number of rotatable bonds is 18. The summed E-state index contributed by atoms with van der Waals surface area (Å²) in [5.74, 6) is 0.0840. The van der Waals surface area contributed by atoms with Crippen LogP contribution in [0.1, 0.15) is 89.9 Å². The maximum absolute atomic E-state index is 11.7. The molecule has 0 unspecified atom stereocenters. The first-order chi connectivity index (χ1) is 13.2. The van der Waals surface area contributed by atoms with Crippen LogP contribution in [-0.4, -0.2) is 25.1 Å². The van der Waals surface area contributed by atoms with Crippen molar-refractivity contribution in [2.75, 3.05) is 13.1 Å². The number of unbranched alkanes of at least 4 members (excludes halogenated alkanes) is 12. The Balaban J connectivity index is 3.35. The normalized spacial score (nSPS) is 10.2. The first-order valence-electron chi connectivity index (χ1n) is 10.8. The third-order valence-electron chi connectivity index (χ3n) is 4.50. The second-order valence-electron chi connectivity index (χ2n) is 7.08. The van der Waals surface area contributed by atoms with E-state index < -0.39 is 0 Å². The average Bonchev–Trinajstić information content (AvgIpc) is 2.65.